The van der Waals surface area contributed by atoms with E-state index < -0.39 is 35.3 Å². The summed E-state index contributed by atoms with van der Waals surface area (Å²) >= 11 is 0. The third-order valence-electron chi connectivity index (χ3n) is 5.19. The number of allylic oxidation sites excluding steroid dienone is 2. The summed E-state index contributed by atoms with van der Waals surface area (Å²) in [6.07, 6.45) is 1.50. The third kappa shape index (κ3) is 2.60. The number of rotatable bonds is 3. The minimum absolute atomic E-state index is 0.141. The fraction of sp³-hybridized carbons (Fsp3) is 0.444. The molecule has 1 amide bonds. The van der Waals surface area contributed by atoms with Crippen molar-refractivity contribution in [2.45, 2.75) is 26.7 Å². The molecule has 0 aliphatic heterocycles. The van der Waals surface area contributed by atoms with Crippen LogP contribution in [0.3, 0.4) is 0 Å². The van der Waals surface area contributed by atoms with Gasteiger partial charge in [-0.15, -0.1) is 0 Å². The van der Waals surface area contributed by atoms with E-state index in [1.807, 2.05) is 13.8 Å². The molecule has 0 aromatic heterocycles. The van der Waals surface area contributed by atoms with Gasteiger partial charge in [0.2, 0.25) is 5.91 Å². The molecule has 2 N–H and O–H groups in total. The van der Waals surface area contributed by atoms with Crippen LogP contribution in [0, 0.1) is 35.3 Å². The van der Waals surface area contributed by atoms with Crippen LogP contribution in [0.5, 0.6) is 0 Å². The van der Waals surface area contributed by atoms with E-state index in [1.54, 1.807) is 0 Å². The van der Waals surface area contributed by atoms with Gasteiger partial charge in [-0.05, 0) is 50.7 Å². The van der Waals surface area contributed by atoms with Crippen molar-refractivity contribution in [1.29, 1.82) is 0 Å². The smallest absolute Gasteiger partial charge is 0.307 e. The average molecular weight is 335 g/mol. The zero-order chi connectivity index (χ0) is 17.6. The summed E-state index contributed by atoms with van der Waals surface area (Å²) < 4.78 is 27.0. The van der Waals surface area contributed by atoms with Crippen LogP contribution in [0.25, 0.3) is 0 Å². The van der Waals surface area contributed by atoms with Crippen LogP contribution in [-0.4, -0.2) is 17.0 Å². The van der Waals surface area contributed by atoms with Gasteiger partial charge < -0.3 is 10.4 Å². The first-order chi connectivity index (χ1) is 11.3. The van der Waals surface area contributed by atoms with E-state index in [0.717, 1.165) is 42.2 Å². The molecule has 2 fully saturated rings. The number of hydrogen-bond acceptors (Lipinski definition) is 2. The second-order valence-corrected chi connectivity index (χ2v) is 6.75. The van der Waals surface area contributed by atoms with E-state index in [9.17, 15) is 23.5 Å². The van der Waals surface area contributed by atoms with Gasteiger partial charge in [0.1, 0.15) is 11.6 Å². The molecule has 2 saturated carbocycles. The quantitative estimate of drug-likeness (QED) is 0.830. The van der Waals surface area contributed by atoms with Gasteiger partial charge in [-0.2, -0.15) is 0 Å². The Balaban J connectivity index is 1.92. The van der Waals surface area contributed by atoms with Crippen molar-refractivity contribution in [2.24, 2.45) is 23.7 Å². The number of fused-ring (bicyclic) bond motifs is 2. The molecule has 4 nitrogen and oxygen atoms in total. The predicted molar refractivity (Wildman–Crippen MR) is 84.2 cm³/mol. The maximum atomic E-state index is 13.8. The number of halogens is 2. The van der Waals surface area contributed by atoms with Crippen molar-refractivity contribution in [3.8, 4) is 0 Å². The highest BCUT2D eigenvalue weighted by Gasteiger charge is 2.57. The van der Waals surface area contributed by atoms with Crippen LogP contribution in [0.1, 0.15) is 26.7 Å². The zero-order valence-corrected chi connectivity index (χ0v) is 13.5. The van der Waals surface area contributed by atoms with Crippen molar-refractivity contribution in [2.75, 3.05) is 5.32 Å². The number of carbonyl (C=O) groups is 2. The third-order valence-corrected chi connectivity index (χ3v) is 5.19. The summed E-state index contributed by atoms with van der Waals surface area (Å²) in [7, 11) is 0. The Bertz CT molecular complexity index is 740. The maximum Gasteiger partial charge on any atom is 0.307 e. The Kier molecular flexibility index (Phi) is 4.15. The van der Waals surface area contributed by atoms with Gasteiger partial charge in [0, 0.05) is 6.07 Å². The van der Waals surface area contributed by atoms with Gasteiger partial charge in [-0.25, -0.2) is 8.78 Å². The van der Waals surface area contributed by atoms with Crippen LogP contribution >= 0.6 is 0 Å². The molecule has 2 bridgehead atoms. The second-order valence-electron chi connectivity index (χ2n) is 6.75. The van der Waals surface area contributed by atoms with Crippen molar-refractivity contribution < 1.29 is 23.5 Å². The lowest BCUT2D eigenvalue weighted by molar-refractivity contribution is -0.148. The predicted octanol–water partition coefficient (Wildman–Crippen LogP) is 3.60. The largest absolute Gasteiger partial charge is 0.481 e. The number of anilines is 1. The monoisotopic (exact) mass is 335 g/mol. The molecule has 0 spiro atoms. The molecular formula is C18H19F2NO3. The van der Waals surface area contributed by atoms with Crippen molar-refractivity contribution in [3.05, 3.63) is 41.0 Å². The summed E-state index contributed by atoms with van der Waals surface area (Å²) in [5.41, 5.74) is 1.83. The standard InChI is InChI=1S/C18H19F2NO3/c1-8(2)14-10-4-5-11(14)16(18(23)24)15(10)17(22)21-13-7-9(19)3-6-12(13)20/h3,6-7,10-11,15-16H,4-5H2,1-2H3,(H,21,22)(H,23,24)/t10-,11+,15+,16+/m0/s1. The fourth-order valence-electron chi connectivity index (χ4n) is 4.41. The SMILES string of the molecule is CC(C)=C1[C@H]2CC[C@@H]1[C@@H](C(=O)Nc1cc(F)ccc1F)[C@@H]2C(=O)O. The van der Waals surface area contributed by atoms with E-state index in [0.29, 0.717) is 0 Å². The van der Waals surface area contributed by atoms with Gasteiger partial charge in [0.15, 0.2) is 0 Å². The summed E-state index contributed by atoms with van der Waals surface area (Å²) in [5, 5.41) is 12.0. The van der Waals surface area contributed by atoms with Crippen LogP contribution in [0.4, 0.5) is 14.5 Å². The number of benzene rings is 1. The molecule has 3 rings (SSSR count). The van der Waals surface area contributed by atoms with Crippen LogP contribution in [0.2, 0.25) is 0 Å². The summed E-state index contributed by atoms with van der Waals surface area (Å²) in [4.78, 5) is 24.4. The van der Waals surface area contributed by atoms with Crippen molar-refractivity contribution >= 4 is 17.6 Å². The van der Waals surface area contributed by atoms with Gasteiger partial charge in [-0.1, -0.05) is 11.1 Å². The van der Waals surface area contributed by atoms with Crippen LogP contribution < -0.4 is 5.32 Å². The molecule has 2 aliphatic carbocycles. The highest BCUT2D eigenvalue weighted by Crippen LogP contribution is 2.57. The number of carboxylic acids is 1. The molecule has 0 saturated heterocycles. The molecular weight excluding hydrogens is 316 g/mol. The maximum absolute atomic E-state index is 13.8. The Morgan fingerprint density at radius 3 is 2.33 bits per heavy atom. The fourth-order valence-corrected chi connectivity index (χ4v) is 4.41. The Morgan fingerprint density at radius 2 is 1.75 bits per heavy atom. The molecule has 0 unspecified atom stereocenters. The minimum atomic E-state index is -1.01. The van der Waals surface area contributed by atoms with Crippen LogP contribution in [0.15, 0.2) is 29.3 Å². The lowest BCUT2D eigenvalue weighted by Gasteiger charge is -2.26. The molecule has 0 heterocycles. The molecule has 24 heavy (non-hydrogen) atoms. The minimum Gasteiger partial charge on any atom is -0.481 e. The highest BCUT2D eigenvalue weighted by molar-refractivity contribution is 5.96. The highest BCUT2D eigenvalue weighted by atomic mass is 19.1. The van der Waals surface area contributed by atoms with E-state index >= 15 is 0 Å². The van der Waals surface area contributed by atoms with Crippen LogP contribution in [-0.2, 0) is 9.59 Å². The normalized spacial score (nSPS) is 28.1. The second kappa shape index (κ2) is 6.00. The topological polar surface area (TPSA) is 66.4 Å². The van der Waals surface area contributed by atoms with E-state index in [-0.39, 0.29) is 17.5 Å². The van der Waals surface area contributed by atoms with Crippen molar-refractivity contribution in [1.82, 2.24) is 0 Å². The number of amides is 1. The Morgan fingerprint density at radius 1 is 1.12 bits per heavy atom. The van der Waals surface area contributed by atoms with E-state index in [2.05, 4.69) is 5.32 Å². The molecule has 6 heteroatoms. The lowest BCUT2D eigenvalue weighted by atomic mass is 9.78. The summed E-state index contributed by atoms with van der Waals surface area (Å²) in [6, 6.07) is 2.80. The first kappa shape index (κ1) is 16.6. The van der Waals surface area contributed by atoms with Gasteiger partial charge in [0.05, 0.1) is 17.5 Å². The Hall–Kier alpha value is -2.24. The Labute approximate surface area is 138 Å². The molecule has 4 atom stereocenters. The van der Waals surface area contributed by atoms with E-state index in [4.69, 9.17) is 0 Å². The summed E-state index contributed by atoms with van der Waals surface area (Å²) in [5.74, 6) is -4.84. The van der Waals surface area contributed by atoms with Gasteiger partial charge in [-0.3, -0.25) is 9.59 Å². The number of carboxylic acid groups (broad SMARTS) is 1. The number of aliphatic carboxylic acids is 1. The first-order valence-corrected chi connectivity index (χ1v) is 7.97. The molecule has 1 aromatic rings. The molecule has 2 aliphatic rings. The average Bonchev–Trinajstić information content (AvgIpc) is 3.06. The van der Waals surface area contributed by atoms with E-state index in [1.165, 1.54) is 0 Å². The molecule has 0 radical (unpaired) electrons. The summed E-state index contributed by atoms with van der Waals surface area (Å²) in [6.45, 7) is 3.85. The van der Waals surface area contributed by atoms with Gasteiger partial charge in [0.25, 0.3) is 0 Å². The first-order valence-electron chi connectivity index (χ1n) is 7.97. The zero-order valence-electron chi connectivity index (χ0n) is 13.5. The molecule has 1 aromatic carbocycles. The lowest BCUT2D eigenvalue weighted by Crippen LogP contribution is -2.38. The number of carbonyl (C=O) groups excluding carboxylic acids is 1. The molecule has 128 valence electrons. The van der Waals surface area contributed by atoms with Crippen molar-refractivity contribution in [3.63, 3.8) is 0 Å². The number of nitrogens with one attached hydrogen (secondary N) is 1. The number of hydrogen-bond donors (Lipinski definition) is 2. The van der Waals surface area contributed by atoms with Gasteiger partial charge >= 0.3 is 5.97 Å².